The quantitative estimate of drug-likeness (QED) is 0.696. The Morgan fingerprint density at radius 3 is 2.23 bits per heavy atom. The van der Waals surface area contributed by atoms with Gasteiger partial charge >= 0.3 is 0 Å². The molecule has 0 bridgehead atoms. The first kappa shape index (κ1) is 20.6. The van der Waals surface area contributed by atoms with Gasteiger partial charge in [0.05, 0.1) is 4.90 Å². The van der Waals surface area contributed by atoms with Crippen molar-refractivity contribution in [3.8, 4) is 0 Å². The molecule has 0 heterocycles. The zero-order valence-electron chi connectivity index (χ0n) is 13.3. The summed E-state index contributed by atoms with van der Waals surface area (Å²) in [6.07, 6.45) is -0.355. The van der Waals surface area contributed by atoms with Crippen molar-refractivity contribution in [3.05, 3.63) is 69.1 Å². The van der Waals surface area contributed by atoms with Crippen molar-refractivity contribution in [2.75, 3.05) is 6.54 Å². The molecule has 1 amide bonds. The zero-order valence-corrected chi connectivity index (χ0v) is 15.6. The normalized spacial score (nSPS) is 11.6. The third kappa shape index (κ3) is 4.93. The van der Waals surface area contributed by atoms with E-state index in [2.05, 4.69) is 0 Å². The van der Waals surface area contributed by atoms with Crippen LogP contribution in [0.1, 0.15) is 12.0 Å². The Morgan fingerprint density at radius 2 is 1.69 bits per heavy atom. The molecule has 26 heavy (non-hydrogen) atoms. The number of nitrogens with one attached hydrogen (secondary N) is 1. The van der Waals surface area contributed by atoms with E-state index in [1.54, 1.807) is 18.2 Å². The summed E-state index contributed by atoms with van der Waals surface area (Å²) in [5.41, 5.74) is 1.54. The van der Waals surface area contributed by atoms with Crippen molar-refractivity contribution in [2.45, 2.75) is 17.9 Å². The molecule has 0 saturated carbocycles. The topological polar surface area (TPSA) is 89.5 Å². The summed E-state index contributed by atoms with van der Waals surface area (Å²) < 4.78 is 39.8. The molecule has 2 aromatic carbocycles. The Morgan fingerprint density at radius 1 is 1.12 bits per heavy atom. The fraction of sp³-hybridized carbons (Fsp3) is 0.188. The van der Waals surface area contributed by atoms with Crippen molar-refractivity contribution in [1.82, 2.24) is 9.79 Å². The highest BCUT2D eigenvalue weighted by Gasteiger charge is 2.26. The van der Waals surface area contributed by atoms with Gasteiger partial charge in [0.1, 0.15) is 5.82 Å². The van der Waals surface area contributed by atoms with E-state index in [0.29, 0.717) is 5.56 Å². The van der Waals surface area contributed by atoms with Gasteiger partial charge in [-0.2, -0.15) is 4.31 Å². The summed E-state index contributed by atoms with van der Waals surface area (Å²) in [5.74, 6) is -1.45. The first-order valence-corrected chi connectivity index (χ1v) is 9.55. The first-order valence-electron chi connectivity index (χ1n) is 7.35. The average Bonchev–Trinajstić information content (AvgIpc) is 2.60. The van der Waals surface area contributed by atoms with Crippen molar-refractivity contribution in [3.63, 3.8) is 0 Å². The lowest BCUT2D eigenvalue weighted by molar-refractivity contribution is -0.120. The lowest BCUT2D eigenvalue weighted by atomic mass is 10.2. The molecular formula is C16H14Cl2FN2O4S-. The number of sulfonamides is 1. The molecule has 0 atom stereocenters. The van der Waals surface area contributed by atoms with E-state index in [0.717, 1.165) is 28.6 Å². The maximum Gasteiger partial charge on any atom is 0.243 e. The van der Waals surface area contributed by atoms with Crippen LogP contribution < -0.4 is 5.48 Å². The van der Waals surface area contributed by atoms with Crippen molar-refractivity contribution < 1.29 is 17.6 Å². The van der Waals surface area contributed by atoms with E-state index in [-0.39, 0.29) is 34.5 Å². The summed E-state index contributed by atoms with van der Waals surface area (Å²) in [5, 5.41) is 10.9. The van der Waals surface area contributed by atoms with Gasteiger partial charge in [-0.05, 0) is 36.4 Å². The fourth-order valence-electron chi connectivity index (χ4n) is 2.18. The number of hydrogen-bond donors (Lipinski definition) is 1. The van der Waals surface area contributed by atoms with Gasteiger partial charge in [-0.1, -0.05) is 29.3 Å². The van der Waals surface area contributed by atoms with Crippen LogP contribution in [-0.2, 0) is 21.4 Å². The van der Waals surface area contributed by atoms with Crippen LogP contribution in [0.4, 0.5) is 4.39 Å². The molecule has 0 aliphatic heterocycles. The first-order chi connectivity index (χ1) is 12.3. The van der Waals surface area contributed by atoms with Crippen LogP contribution >= 0.6 is 23.2 Å². The van der Waals surface area contributed by atoms with Gasteiger partial charge in [0, 0.05) is 35.1 Å². The number of benzene rings is 2. The number of hydrogen-bond acceptors (Lipinski definition) is 4. The molecule has 0 aromatic heterocycles. The summed E-state index contributed by atoms with van der Waals surface area (Å²) in [6, 6.07) is 8.96. The summed E-state index contributed by atoms with van der Waals surface area (Å²) >= 11 is 12.2. The third-order valence-electron chi connectivity index (χ3n) is 3.55. The molecule has 6 nitrogen and oxygen atoms in total. The van der Waals surface area contributed by atoms with Gasteiger partial charge < -0.3 is 10.7 Å². The Balaban J connectivity index is 2.39. The Bertz CT molecular complexity index is 871. The monoisotopic (exact) mass is 419 g/mol. The minimum Gasteiger partial charge on any atom is -0.759 e. The smallest absolute Gasteiger partial charge is 0.243 e. The number of nitrogens with zero attached hydrogens (tertiary/aromatic N) is 1. The average molecular weight is 420 g/mol. The minimum absolute atomic E-state index is 0.162. The summed E-state index contributed by atoms with van der Waals surface area (Å²) in [4.78, 5) is 11.1. The standard InChI is InChI=1S/C16H14Cl2FN2O4S/c17-14-2-1-3-15(18)13(14)10-21(9-8-16(22)20-23)26(24,25)12-6-4-11(19)5-7-12/h1-7H,8-10H2,(H-,20,22,23)/q-1. The molecule has 10 heteroatoms. The largest absolute Gasteiger partial charge is 0.759 e. The van der Waals surface area contributed by atoms with Crippen molar-refractivity contribution >= 4 is 39.1 Å². The highest BCUT2D eigenvalue weighted by Crippen LogP contribution is 2.28. The van der Waals surface area contributed by atoms with Gasteiger partial charge in [0.2, 0.25) is 15.9 Å². The van der Waals surface area contributed by atoms with Gasteiger partial charge in [0.15, 0.2) is 0 Å². The Labute approximate surface area is 160 Å². The predicted octanol–water partition coefficient (Wildman–Crippen LogP) is 3.33. The number of carbonyl (C=O) groups excluding carboxylic acids is 1. The Kier molecular flexibility index (Phi) is 6.96. The molecule has 0 fully saturated rings. The molecular weight excluding hydrogens is 406 g/mol. The van der Waals surface area contributed by atoms with Gasteiger partial charge in [-0.3, -0.25) is 4.79 Å². The summed E-state index contributed by atoms with van der Waals surface area (Å²) in [7, 11) is -4.09. The van der Waals surface area contributed by atoms with E-state index in [1.807, 2.05) is 0 Å². The minimum atomic E-state index is -4.09. The van der Waals surface area contributed by atoms with Crippen LogP contribution in [0, 0.1) is 11.0 Å². The molecule has 140 valence electrons. The third-order valence-corrected chi connectivity index (χ3v) is 6.12. The van der Waals surface area contributed by atoms with Crippen molar-refractivity contribution in [1.29, 1.82) is 0 Å². The maximum atomic E-state index is 13.1. The molecule has 2 aromatic rings. The lowest BCUT2D eigenvalue weighted by Crippen LogP contribution is -2.34. The van der Waals surface area contributed by atoms with Crippen LogP contribution in [-0.4, -0.2) is 25.2 Å². The number of carbonyl (C=O) groups is 1. The van der Waals surface area contributed by atoms with Crippen LogP contribution in [0.2, 0.25) is 10.0 Å². The summed E-state index contributed by atoms with van der Waals surface area (Å²) in [6.45, 7) is -0.500. The molecule has 0 aliphatic carbocycles. The van der Waals surface area contributed by atoms with Crippen LogP contribution in [0.5, 0.6) is 0 Å². The van der Waals surface area contributed by atoms with Crippen molar-refractivity contribution in [2.24, 2.45) is 0 Å². The van der Waals surface area contributed by atoms with Gasteiger partial charge in [0.25, 0.3) is 0 Å². The number of halogens is 3. The Hall–Kier alpha value is -1.71. The molecule has 2 rings (SSSR count). The molecule has 0 saturated heterocycles. The van der Waals surface area contributed by atoms with Gasteiger partial charge in [-0.15, -0.1) is 0 Å². The lowest BCUT2D eigenvalue weighted by Gasteiger charge is -2.23. The predicted molar refractivity (Wildman–Crippen MR) is 96.6 cm³/mol. The molecule has 0 unspecified atom stereocenters. The van der Waals surface area contributed by atoms with Crippen LogP contribution in [0.3, 0.4) is 0 Å². The second kappa shape index (κ2) is 8.79. The fourth-order valence-corrected chi connectivity index (χ4v) is 4.10. The van der Waals surface area contributed by atoms with Crippen LogP contribution in [0.25, 0.3) is 0 Å². The second-order valence-electron chi connectivity index (χ2n) is 5.27. The zero-order chi connectivity index (χ0) is 19.3. The second-order valence-corrected chi connectivity index (χ2v) is 8.02. The number of amides is 1. The molecule has 0 spiro atoms. The highest BCUT2D eigenvalue weighted by atomic mass is 35.5. The molecule has 0 aliphatic rings. The van der Waals surface area contributed by atoms with E-state index >= 15 is 0 Å². The highest BCUT2D eigenvalue weighted by molar-refractivity contribution is 7.89. The van der Waals surface area contributed by atoms with E-state index in [9.17, 15) is 22.8 Å². The SMILES string of the molecule is O=C(CCN(Cc1c(Cl)cccc1Cl)S(=O)(=O)c1ccc(F)cc1)N[O-]. The van der Waals surface area contributed by atoms with Crippen LogP contribution in [0.15, 0.2) is 47.4 Å². The number of rotatable bonds is 7. The molecule has 0 radical (unpaired) electrons. The van der Waals surface area contributed by atoms with E-state index in [4.69, 9.17) is 23.2 Å². The maximum absolute atomic E-state index is 13.1. The van der Waals surface area contributed by atoms with Gasteiger partial charge in [-0.25, -0.2) is 12.8 Å². The molecule has 1 N–H and O–H groups in total. The van der Waals surface area contributed by atoms with E-state index in [1.165, 1.54) is 5.48 Å². The number of hydroxylamine groups is 1. The van der Waals surface area contributed by atoms with E-state index < -0.39 is 21.7 Å².